The number of aromatic amines is 1. The number of aryl methyl sites for hydroxylation is 1. The summed E-state index contributed by atoms with van der Waals surface area (Å²) in [6.45, 7) is 9.18. The van der Waals surface area contributed by atoms with Crippen LogP contribution in [0.2, 0.25) is 0 Å². The van der Waals surface area contributed by atoms with Crippen molar-refractivity contribution >= 4 is 16.9 Å². The van der Waals surface area contributed by atoms with E-state index in [2.05, 4.69) is 14.9 Å². The molecule has 0 amide bonds. The first kappa shape index (κ1) is 18.5. The lowest BCUT2D eigenvalue weighted by Crippen LogP contribution is -2.45. The van der Waals surface area contributed by atoms with Crippen LogP contribution in [0.5, 0.6) is 0 Å². The average molecular weight is 363 g/mol. The van der Waals surface area contributed by atoms with Gasteiger partial charge >= 0.3 is 5.69 Å². The summed E-state index contributed by atoms with van der Waals surface area (Å²) in [5.41, 5.74) is -0.517. The van der Waals surface area contributed by atoms with E-state index in [-0.39, 0.29) is 29.2 Å². The number of hydrogen-bond acceptors (Lipinski definition) is 6. The summed E-state index contributed by atoms with van der Waals surface area (Å²) in [6, 6.07) is -0.551. The van der Waals surface area contributed by atoms with Gasteiger partial charge in [-0.1, -0.05) is 0 Å². The first-order valence-electron chi connectivity index (χ1n) is 8.77. The number of ketones is 1. The lowest BCUT2D eigenvalue weighted by Gasteiger charge is -2.35. The molecule has 1 N–H and O–H groups in total. The summed E-state index contributed by atoms with van der Waals surface area (Å²) >= 11 is 0. The van der Waals surface area contributed by atoms with E-state index < -0.39 is 17.3 Å². The zero-order valence-corrected chi connectivity index (χ0v) is 15.8. The number of carbonyl (C=O) groups excluding carboxylic acids is 1. The summed E-state index contributed by atoms with van der Waals surface area (Å²) < 4.78 is 8.71. The SMILES string of the molecule is CC(=O)[C@@H](C)n1c(CN2C[C@@H](C)O[C@@H](C)C2)nc2c1c(=O)[nH]c(=O)n2C. The van der Waals surface area contributed by atoms with Gasteiger partial charge in [-0.3, -0.25) is 24.0 Å². The predicted octanol–water partition coefficient (Wildman–Crippen LogP) is 0.183. The Kier molecular flexibility index (Phi) is 4.85. The topological polar surface area (TPSA) is 102 Å². The van der Waals surface area contributed by atoms with Crippen molar-refractivity contribution in [1.29, 1.82) is 0 Å². The zero-order chi connectivity index (χ0) is 19.2. The third-order valence-electron chi connectivity index (χ3n) is 4.86. The number of ether oxygens (including phenoxy) is 1. The number of imidazole rings is 1. The van der Waals surface area contributed by atoms with Crippen molar-refractivity contribution < 1.29 is 9.53 Å². The number of H-pyrrole nitrogens is 1. The predicted molar refractivity (Wildman–Crippen MR) is 96.3 cm³/mol. The van der Waals surface area contributed by atoms with Crippen molar-refractivity contribution in [2.75, 3.05) is 13.1 Å². The molecule has 3 rings (SSSR count). The first-order valence-corrected chi connectivity index (χ1v) is 8.77. The van der Waals surface area contributed by atoms with Gasteiger partial charge in [0.05, 0.1) is 24.8 Å². The quantitative estimate of drug-likeness (QED) is 0.832. The van der Waals surface area contributed by atoms with Crippen LogP contribution in [-0.2, 0) is 23.1 Å². The number of Topliss-reactive ketones (excluding diaryl/α,β-unsaturated/α-hetero) is 1. The molecule has 2 aromatic rings. The van der Waals surface area contributed by atoms with Gasteiger partial charge in [0.1, 0.15) is 5.82 Å². The highest BCUT2D eigenvalue weighted by molar-refractivity contribution is 5.82. The number of aromatic nitrogens is 4. The Morgan fingerprint density at radius 3 is 2.50 bits per heavy atom. The maximum atomic E-state index is 12.4. The molecular weight excluding hydrogens is 338 g/mol. The van der Waals surface area contributed by atoms with Gasteiger partial charge in [0.15, 0.2) is 16.9 Å². The van der Waals surface area contributed by atoms with Crippen molar-refractivity contribution in [1.82, 2.24) is 24.0 Å². The summed E-state index contributed by atoms with van der Waals surface area (Å²) in [6.07, 6.45) is 0.184. The van der Waals surface area contributed by atoms with E-state index in [9.17, 15) is 14.4 Å². The Morgan fingerprint density at radius 2 is 1.92 bits per heavy atom. The second kappa shape index (κ2) is 6.81. The molecule has 9 nitrogen and oxygen atoms in total. The summed E-state index contributed by atoms with van der Waals surface area (Å²) in [5.74, 6) is 0.512. The van der Waals surface area contributed by atoms with Crippen molar-refractivity contribution in [3.05, 3.63) is 26.7 Å². The molecule has 0 aliphatic carbocycles. The van der Waals surface area contributed by atoms with Crippen molar-refractivity contribution in [2.45, 2.75) is 52.5 Å². The highest BCUT2D eigenvalue weighted by Gasteiger charge is 2.27. The van der Waals surface area contributed by atoms with Crippen molar-refractivity contribution in [3.8, 4) is 0 Å². The molecule has 2 aromatic heterocycles. The fraction of sp³-hybridized carbons (Fsp3) is 0.647. The molecule has 3 heterocycles. The van der Waals surface area contributed by atoms with Crippen LogP contribution in [0.4, 0.5) is 0 Å². The van der Waals surface area contributed by atoms with Gasteiger partial charge in [-0.15, -0.1) is 0 Å². The molecule has 1 saturated heterocycles. The second-order valence-corrected chi connectivity index (χ2v) is 7.13. The van der Waals surface area contributed by atoms with Crippen molar-refractivity contribution in [3.63, 3.8) is 0 Å². The fourth-order valence-electron chi connectivity index (χ4n) is 3.57. The minimum absolute atomic E-state index is 0.0810. The van der Waals surface area contributed by atoms with E-state index in [1.54, 1.807) is 18.5 Å². The Balaban J connectivity index is 2.15. The number of nitrogens with one attached hydrogen (secondary N) is 1. The van der Waals surface area contributed by atoms with E-state index in [4.69, 9.17) is 4.74 Å². The molecule has 0 spiro atoms. The van der Waals surface area contributed by atoms with Gasteiger partial charge in [-0.2, -0.15) is 0 Å². The molecule has 0 saturated carbocycles. The molecule has 26 heavy (non-hydrogen) atoms. The Labute approximate surface area is 150 Å². The largest absolute Gasteiger partial charge is 0.373 e. The number of hydrogen-bond donors (Lipinski definition) is 1. The number of nitrogens with zero attached hydrogens (tertiary/aromatic N) is 4. The molecule has 0 unspecified atom stereocenters. The van der Waals surface area contributed by atoms with E-state index in [0.29, 0.717) is 12.4 Å². The molecule has 0 aromatic carbocycles. The third-order valence-corrected chi connectivity index (χ3v) is 4.86. The van der Waals surface area contributed by atoms with Gasteiger partial charge in [-0.05, 0) is 27.7 Å². The van der Waals surface area contributed by atoms with Gasteiger partial charge in [0, 0.05) is 20.1 Å². The van der Waals surface area contributed by atoms with Gasteiger partial charge < -0.3 is 9.30 Å². The fourth-order valence-corrected chi connectivity index (χ4v) is 3.57. The van der Waals surface area contributed by atoms with Gasteiger partial charge in [-0.25, -0.2) is 9.78 Å². The minimum atomic E-state index is -0.551. The minimum Gasteiger partial charge on any atom is -0.373 e. The standard InChI is InChI=1S/C17H25N5O4/c1-9-6-21(7-10(2)26-9)8-13-18-15-14(22(13)11(3)12(4)23)16(24)19-17(25)20(15)5/h9-11H,6-8H2,1-5H3,(H,19,24,25)/t9-,10+,11-/m1/s1. The van der Waals surface area contributed by atoms with Crippen LogP contribution in [0, 0.1) is 0 Å². The number of rotatable bonds is 4. The molecule has 0 bridgehead atoms. The van der Waals surface area contributed by atoms with Gasteiger partial charge in [0.25, 0.3) is 5.56 Å². The van der Waals surface area contributed by atoms with Crippen LogP contribution in [0.1, 0.15) is 39.6 Å². The molecular formula is C17H25N5O4. The second-order valence-electron chi connectivity index (χ2n) is 7.13. The van der Waals surface area contributed by atoms with E-state index >= 15 is 0 Å². The summed E-state index contributed by atoms with van der Waals surface area (Å²) in [5, 5.41) is 0. The molecule has 1 aliphatic rings. The smallest absolute Gasteiger partial charge is 0.329 e. The van der Waals surface area contributed by atoms with Crippen LogP contribution in [-0.4, -0.2) is 55.1 Å². The van der Waals surface area contributed by atoms with Crippen LogP contribution in [0.3, 0.4) is 0 Å². The Morgan fingerprint density at radius 1 is 1.31 bits per heavy atom. The number of morpholine rings is 1. The van der Waals surface area contributed by atoms with E-state index in [1.165, 1.54) is 11.5 Å². The van der Waals surface area contributed by atoms with Gasteiger partial charge in [0.2, 0.25) is 0 Å². The molecule has 142 valence electrons. The maximum absolute atomic E-state index is 12.4. The van der Waals surface area contributed by atoms with E-state index in [1.807, 2.05) is 13.8 Å². The molecule has 1 fully saturated rings. The zero-order valence-electron chi connectivity index (χ0n) is 15.8. The lowest BCUT2D eigenvalue weighted by atomic mass is 10.2. The monoisotopic (exact) mass is 363 g/mol. The van der Waals surface area contributed by atoms with Crippen LogP contribution < -0.4 is 11.2 Å². The highest BCUT2D eigenvalue weighted by Crippen LogP contribution is 2.21. The average Bonchev–Trinajstić information content (AvgIpc) is 2.90. The highest BCUT2D eigenvalue weighted by atomic mass is 16.5. The molecule has 9 heteroatoms. The molecule has 3 atom stereocenters. The normalized spacial score (nSPS) is 22.7. The van der Waals surface area contributed by atoms with Crippen LogP contribution in [0.25, 0.3) is 11.2 Å². The van der Waals surface area contributed by atoms with Crippen molar-refractivity contribution in [2.24, 2.45) is 7.05 Å². The third kappa shape index (κ3) is 3.24. The summed E-state index contributed by atoms with van der Waals surface area (Å²) in [7, 11) is 1.55. The first-order chi connectivity index (χ1) is 12.2. The summed E-state index contributed by atoms with van der Waals surface area (Å²) in [4.78, 5) is 45.4. The number of fused-ring (bicyclic) bond motifs is 1. The van der Waals surface area contributed by atoms with Crippen LogP contribution in [0.15, 0.2) is 9.59 Å². The lowest BCUT2D eigenvalue weighted by molar-refractivity contribution is -0.119. The molecule has 0 radical (unpaired) electrons. The van der Waals surface area contributed by atoms with Crippen LogP contribution >= 0.6 is 0 Å². The number of carbonyl (C=O) groups is 1. The van der Waals surface area contributed by atoms with E-state index in [0.717, 1.165) is 13.1 Å². The molecule has 1 aliphatic heterocycles. The Bertz CT molecular complexity index is 946. The maximum Gasteiger partial charge on any atom is 0.329 e. The Hall–Kier alpha value is -2.26.